The van der Waals surface area contributed by atoms with E-state index >= 15 is 0 Å². The lowest BCUT2D eigenvalue weighted by Crippen LogP contribution is -2.07. The molecule has 0 radical (unpaired) electrons. The third-order valence-electron chi connectivity index (χ3n) is 3.37. The lowest BCUT2D eigenvalue weighted by molar-refractivity contribution is 0.415. The minimum atomic E-state index is -0.149. The number of halogens is 1. The van der Waals surface area contributed by atoms with E-state index in [1.54, 1.807) is 19.2 Å². The van der Waals surface area contributed by atoms with Gasteiger partial charge in [-0.2, -0.15) is 0 Å². The first-order chi connectivity index (χ1) is 11.2. The minimum Gasteiger partial charge on any atom is -0.495 e. The summed E-state index contributed by atoms with van der Waals surface area (Å²) >= 11 is 6.13. The molecule has 0 aliphatic rings. The molecule has 0 bridgehead atoms. The van der Waals surface area contributed by atoms with E-state index in [1.807, 2.05) is 43.3 Å². The van der Waals surface area contributed by atoms with Gasteiger partial charge in [-0.3, -0.25) is 0 Å². The van der Waals surface area contributed by atoms with Gasteiger partial charge in [0.05, 0.1) is 12.1 Å². The summed E-state index contributed by atoms with van der Waals surface area (Å²) in [6.07, 6.45) is 0. The first kappa shape index (κ1) is 15.4. The molecule has 0 saturated carbocycles. The second kappa shape index (κ2) is 6.71. The second-order valence-corrected chi connectivity index (χ2v) is 5.43. The molecule has 1 unspecified atom stereocenters. The maximum atomic E-state index is 6.13. The average molecular weight is 330 g/mol. The molecule has 0 saturated heterocycles. The molecule has 3 rings (SSSR count). The number of ether oxygens (including phenoxy) is 1. The Bertz CT molecular complexity index is 790. The van der Waals surface area contributed by atoms with E-state index in [0.717, 1.165) is 11.3 Å². The zero-order chi connectivity index (χ0) is 16.2. The Morgan fingerprint density at radius 2 is 1.91 bits per heavy atom. The van der Waals surface area contributed by atoms with Crippen LogP contribution in [-0.2, 0) is 0 Å². The average Bonchev–Trinajstić information content (AvgIpc) is 3.06. The number of methoxy groups -OCH3 is 1. The van der Waals surface area contributed by atoms with Gasteiger partial charge in [-0.05, 0) is 37.3 Å². The fourth-order valence-corrected chi connectivity index (χ4v) is 2.43. The lowest BCUT2D eigenvalue weighted by atomic mass is 10.2. The zero-order valence-electron chi connectivity index (χ0n) is 12.8. The first-order valence-electron chi connectivity index (χ1n) is 7.16. The van der Waals surface area contributed by atoms with Crippen LogP contribution in [0.5, 0.6) is 5.75 Å². The molecule has 0 fully saturated rings. The number of benzene rings is 2. The number of aromatic nitrogens is 2. The summed E-state index contributed by atoms with van der Waals surface area (Å²) in [5, 5.41) is 12.0. The van der Waals surface area contributed by atoms with Gasteiger partial charge in [0.2, 0.25) is 11.8 Å². The van der Waals surface area contributed by atoms with Crippen molar-refractivity contribution in [3.8, 4) is 17.2 Å². The van der Waals surface area contributed by atoms with Gasteiger partial charge in [0.25, 0.3) is 0 Å². The summed E-state index contributed by atoms with van der Waals surface area (Å²) in [5.74, 6) is 1.65. The summed E-state index contributed by atoms with van der Waals surface area (Å²) in [7, 11) is 1.58. The van der Waals surface area contributed by atoms with Crippen molar-refractivity contribution in [1.82, 2.24) is 10.2 Å². The Morgan fingerprint density at radius 1 is 1.13 bits per heavy atom. The predicted octanol–water partition coefficient (Wildman–Crippen LogP) is 4.57. The van der Waals surface area contributed by atoms with Gasteiger partial charge in [-0.25, -0.2) is 0 Å². The zero-order valence-corrected chi connectivity index (χ0v) is 13.5. The number of anilines is 1. The Balaban J connectivity index is 1.75. The molecule has 1 atom stereocenters. The van der Waals surface area contributed by atoms with E-state index in [1.165, 1.54) is 0 Å². The highest BCUT2D eigenvalue weighted by Gasteiger charge is 2.15. The number of hydrogen-bond acceptors (Lipinski definition) is 5. The molecule has 23 heavy (non-hydrogen) atoms. The Labute approximate surface area is 139 Å². The van der Waals surface area contributed by atoms with Crippen LogP contribution in [0.3, 0.4) is 0 Å². The van der Waals surface area contributed by atoms with Crippen molar-refractivity contribution >= 4 is 17.3 Å². The summed E-state index contributed by atoms with van der Waals surface area (Å²) in [6.45, 7) is 1.94. The number of nitrogens with zero attached hydrogens (tertiary/aromatic N) is 2. The van der Waals surface area contributed by atoms with Crippen LogP contribution in [0.1, 0.15) is 18.9 Å². The highest BCUT2D eigenvalue weighted by atomic mass is 35.5. The topological polar surface area (TPSA) is 60.2 Å². The van der Waals surface area contributed by atoms with E-state index < -0.39 is 0 Å². The molecule has 0 amide bonds. The monoisotopic (exact) mass is 329 g/mol. The van der Waals surface area contributed by atoms with Crippen LogP contribution in [0.2, 0.25) is 5.02 Å². The Morgan fingerprint density at radius 3 is 2.61 bits per heavy atom. The van der Waals surface area contributed by atoms with E-state index in [9.17, 15) is 0 Å². The van der Waals surface area contributed by atoms with Crippen LogP contribution in [0, 0.1) is 0 Å². The van der Waals surface area contributed by atoms with Crippen molar-refractivity contribution in [3.63, 3.8) is 0 Å². The normalized spacial score (nSPS) is 12.0. The largest absolute Gasteiger partial charge is 0.495 e. The maximum absolute atomic E-state index is 6.13. The molecule has 0 spiro atoms. The van der Waals surface area contributed by atoms with Crippen molar-refractivity contribution in [2.75, 3.05) is 12.4 Å². The number of hydrogen-bond donors (Lipinski definition) is 1. The van der Waals surface area contributed by atoms with E-state index in [0.29, 0.717) is 22.6 Å². The molecule has 2 aromatic carbocycles. The van der Waals surface area contributed by atoms with Crippen molar-refractivity contribution in [2.45, 2.75) is 13.0 Å². The van der Waals surface area contributed by atoms with Gasteiger partial charge < -0.3 is 14.5 Å². The van der Waals surface area contributed by atoms with Gasteiger partial charge in [0.15, 0.2) is 0 Å². The second-order valence-electron chi connectivity index (χ2n) is 5.03. The van der Waals surface area contributed by atoms with Crippen LogP contribution in [-0.4, -0.2) is 17.3 Å². The molecule has 6 heteroatoms. The molecule has 1 heterocycles. The van der Waals surface area contributed by atoms with Crippen LogP contribution < -0.4 is 10.1 Å². The first-order valence-corrected chi connectivity index (χ1v) is 7.54. The number of nitrogens with one attached hydrogen (secondary N) is 1. The van der Waals surface area contributed by atoms with E-state index in [-0.39, 0.29) is 6.04 Å². The van der Waals surface area contributed by atoms with Gasteiger partial charge in [0.1, 0.15) is 11.8 Å². The quantitative estimate of drug-likeness (QED) is 0.742. The third-order valence-corrected chi connectivity index (χ3v) is 3.66. The molecule has 118 valence electrons. The Kier molecular flexibility index (Phi) is 4.48. The van der Waals surface area contributed by atoms with Crippen LogP contribution in [0.15, 0.2) is 52.9 Å². The van der Waals surface area contributed by atoms with Crippen LogP contribution in [0.25, 0.3) is 11.5 Å². The molecule has 0 aliphatic heterocycles. The SMILES string of the molecule is COc1ccc(NC(C)c2nnc(-c3ccccc3)o2)cc1Cl. The minimum absolute atomic E-state index is 0.149. The summed E-state index contributed by atoms with van der Waals surface area (Å²) in [4.78, 5) is 0. The number of rotatable bonds is 5. The maximum Gasteiger partial charge on any atom is 0.247 e. The van der Waals surface area contributed by atoms with Crippen LogP contribution >= 0.6 is 11.6 Å². The molecule has 3 aromatic rings. The van der Waals surface area contributed by atoms with Crippen molar-refractivity contribution in [3.05, 3.63) is 59.4 Å². The van der Waals surface area contributed by atoms with Crippen molar-refractivity contribution in [1.29, 1.82) is 0 Å². The third kappa shape index (κ3) is 3.46. The highest BCUT2D eigenvalue weighted by Crippen LogP contribution is 2.29. The Hall–Kier alpha value is -2.53. The van der Waals surface area contributed by atoms with Crippen LogP contribution in [0.4, 0.5) is 5.69 Å². The van der Waals surface area contributed by atoms with Gasteiger partial charge >= 0.3 is 0 Å². The lowest BCUT2D eigenvalue weighted by Gasteiger charge is -2.12. The summed E-state index contributed by atoms with van der Waals surface area (Å²) < 4.78 is 10.9. The molecular weight excluding hydrogens is 314 g/mol. The summed E-state index contributed by atoms with van der Waals surface area (Å²) in [5.41, 5.74) is 1.74. The smallest absolute Gasteiger partial charge is 0.247 e. The molecule has 1 aromatic heterocycles. The van der Waals surface area contributed by atoms with Crippen molar-refractivity contribution < 1.29 is 9.15 Å². The fourth-order valence-electron chi connectivity index (χ4n) is 2.17. The van der Waals surface area contributed by atoms with Gasteiger partial charge in [-0.1, -0.05) is 29.8 Å². The fraction of sp³-hybridized carbons (Fsp3) is 0.176. The van der Waals surface area contributed by atoms with Gasteiger partial charge in [-0.15, -0.1) is 10.2 Å². The molecule has 1 N–H and O–H groups in total. The predicted molar refractivity (Wildman–Crippen MR) is 89.8 cm³/mol. The standard InChI is InChI=1S/C17H16ClN3O2/c1-11(19-13-8-9-15(22-2)14(18)10-13)16-20-21-17(23-16)12-6-4-3-5-7-12/h3-11,19H,1-2H3. The summed E-state index contributed by atoms with van der Waals surface area (Å²) in [6, 6.07) is 15.0. The van der Waals surface area contributed by atoms with Crippen molar-refractivity contribution in [2.24, 2.45) is 0 Å². The highest BCUT2D eigenvalue weighted by molar-refractivity contribution is 6.32. The molecule has 5 nitrogen and oxygen atoms in total. The van der Waals surface area contributed by atoms with E-state index in [4.69, 9.17) is 20.8 Å². The molecule has 0 aliphatic carbocycles. The van der Waals surface area contributed by atoms with Gasteiger partial charge in [0, 0.05) is 11.3 Å². The van der Waals surface area contributed by atoms with E-state index in [2.05, 4.69) is 15.5 Å². The molecular formula is C17H16ClN3O2.